The second kappa shape index (κ2) is 6.47. The van der Waals surface area contributed by atoms with Gasteiger partial charge in [0.05, 0.1) is 13.2 Å². The first kappa shape index (κ1) is 14.4. The van der Waals surface area contributed by atoms with Gasteiger partial charge in [-0.3, -0.25) is 0 Å². The van der Waals surface area contributed by atoms with Crippen LogP contribution in [-0.4, -0.2) is 7.11 Å². The van der Waals surface area contributed by atoms with Crippen LogP contribution in [0.1, 0.15) is 36.1 Å². The molecule has 0 aliphatic rings. The number of anilines is 1. The van der Waals surface area contributed by atoms with E-state index >= 15 is 0 Å². The summed E-state index contributed by atoms with van der Waals surface area (Å²) in [5.74, 6) is 0.940. The molecular formula is C18H23NO. The van der Waals surface area contributed by atoms with Crippen molar-refractivity contribution in [3.8, 4) is 5.75 Å². The molecule has 20 heavy (non-hydrogen) atoms. The third-order valence-corrected chi connectivity index (χ3v) is 3.77. The lowest BCUT2D eigenvalue weighted by Gasteiger charge is -2.21. The largest absolute Gasteiger partial charge is 0.496 e. The van der Waals surface area contributed by atoms with Gasteiger partial charge in [0.2, 0.25) is 0 Å². The third-order valence-electron chi connectivity index (χ3n) is 3.77. The zero-order chi connectivity index (χ0) is 14.5. The van der Waals surface area contributed by atoms with E-state index in [-0.39, 0.29) is 6.04 Å². The highest BCUT2D eigenvalue weighted by molar-refractivity contribution is 5.51. The predicted octanol–water partition coefficient (Wildman–Crippen LogP) is 4.88. The van der Waals surface area contributed by atoms with Crippen LogP contribution in [0.4, 0.5) is 5.69 Å². The van der Waals surface area contributed by atoms with Crippen LogP contribution in [0.15, 0.2) is 42.5 Å². The lowest BCUT2D eigenvalue weighted by Crippen LogP contribution is -2.11. The Morgan fingerprint density at radius 2 is 1.80 bits per heavy atom. The minimum absolute atomic E-state index is 0.258. The Morgan fingerprint density at radius 3 is 2.45 bits per heavy atom. The molecule has 0 radical (unpaired) electrons. The summed E-state index contributed by atoms with van der Waals surface area (Å²) >= 11 is 0. The molecule has 1 unspecified atom stereocenters. The lowest BCUT2D eigenvalue weighted by atomic mass is 10.0. The van der Waals surface area contributed by atoms with Crippen LogP contribution in [0, 0.1) is 13.8 Å². The monoisotopic (exact) mass is 269 g/mol. The van der Waals surface area contributed by atoms with E-state index in [0.717, 1.165) is 17.9 Å². The van der Waals surface area contributed by atoms with Crippen LogP contribution in [-0.2, 0) is 0 Å². The fourth-order valence-corrected chi connectivity index (χ4v) is 2.39. The minimum atomic E-state index is 0.258. The Bertz CT molecular complexity index is 577. The Morgan fingerprint density at radius 1 is 1.05 bits per heavy atom. The fraction of sp³-hybridized carbons (Fsp3) is 0.333. The molecule has 106 valence electrons. The molecule has 2 aromatic rings. The molecule has 1 N–H and O–H groups in total. The van der Waals surface area contributed by atoms with Gasteiger partial charge in [-0.15, -0.1) is 0 Å². The summed E-state index contributed by atoms with van der Waals surface area (Å²) in [6, 6.07) is 15.0. The van der Waals surface area contributed by atoms with Crippen LogP contribution in [0.5, 0.6) is 5.75 Å². The molecule has 0 saturated heterocycles. The van der Waals surface area contributed by atoms with E-state index in [2.05, 4.69) is 56.4 Å². The van der Waals surface area contributed by atoms with E-state index in [1.165, 1.54) is 16.7 Å². The molecule has 0 aliphatic heterocycles. The zero-order valence-corrected chi connectivity index (χ0v) is 12.7. The topological polar surface area (TPSA) is 21.3 Å². The smallest absolute Gasteiger partial charge is 0.124 e. The lowest BCUT2D eigenvalue weighted by molar-refractivity contribution is 0.406. The van der Waals surface area contributed by atoms with Crippen molar-refractivity contribution in [3.05, 3.63) is 59.2 Å². The maximum Gasteiger partial charge on any atom is 0.124 e. The first-order chi connectivity index (χ1) is 9.65. The van der Waals surface area contributed by atoms with Gasteiger partial charge < -0.3 is 10.1 Å². The fourth-order valence-electron chi connectivity index (χ4n) is 2.39. The van der Waals surface area contributed by atoms with Gasteiger partial charge in [0.25, 0.3) is 0 Å². The number of hydrogen-bond acceptors (Lipinski definition) is 2. The Labute approximate surface area is 121 Å². The van der Waals surface area contributed by atoms with E-state index in [0.29, 0.717) is 0 Å². The molecule has 2 aromatic carbocycles. The van der Waals surface area contributed by atoms with Crippen molar-refractivity contribution in [2.75, 3.05) is 12.4 Å². The van der Waals surface area contributed by atoms with Gasteiger partial charge in [0.1, 0.15) is 5.75 Å². The molecule has 0 spiro atoms. The van der Waals surface area contributed by atoms with Crippen molar-refractivity contribution in [1.82, 2.24) is 0 Å². The number of nitrogens with one attached hydrogen (secondary N) is 1. The van der Waals surface area contributed by atoms with Crippen molar-refractivity contribution in [3.63, 3.8) is 0 Å². The van der Waals surface area contributed by atoms with E-state index in [1.807, 2.05) is 12.1 Å². The summed E-state index contributed by atoms with van der Waals surface area (Å²) in [5, 5.41) is 3.61. The molecule has 0 saturated carbocycles. The molecule has 1 atom stereocenters. The molecular weight excluding hydrogens is 246 g/mol. The van der Waals surface area contributed by atoms with Crippen LogP contribution in [0.2, 0.25) is 0 Å². The Balaban J connectivity index is 2.26. The molecule has 2 heteroatoms. The standard InChI is InChI=1S/C18H23NO/c1-5-17(16-8-6-7-9-18(16)20-4)19-15-11-10-13(2)14(3)12-15/h6-12,17,19H,5H2,1-4H3. The van der Waals surface area contributed by atoms with E-state index in [9.17, 15) is 0 Å². The Kier molecular flexibility index (Phi) is 4.67. The van der Waals surface area contributed by atoms with Gasteiger partial charge in [-0.2, -0.15) is 0 Å². The summed E-state index contributed by atoms with van der Waals surface area (Å²) in [6.45, 7) is 6.46. The predicted molar refractivity (Wildman–Crippen MR) is 85.6 cm³/mol. The minimum Gasteiger partial charge on any atom is -0.496 e. The summed E-state index contributed by atoms with van der Waals surface area (Å²) in [4.78, 5) is 0. The SMILES string of the molecule is CCC(Nc1ccc(C)c(C)c1)c1ccccc1OC. The molecule has 0 aliphatic carbocycles. The maximum absolute atomic E-state index is 5.47. The first-order valence-electron chi connectivity index (χ1n) is 7.12. The first-order valence-corrected chi connectivity index (χ1v) is 7.12. The number of hydrogen-bond donors (Lipinski definition) is 1. The molecule has 0 amide bonds. The van der Waals surface area contributed by atoms with Gasteiger partial charge in [-0.05, 0) is 49.6 Å². The molecule has 0 bridgehead atoms. The van der Waals surface area contributed by atoms with Gasteiger partial charge in [0.15, 0.2) is 0 Å². The average molecular weight is 269 g/mol. The number of para-hydroxylation sites is 1. The number of methoxy groups -OCH3 is 1. The number of ether oxygens (including phenoxy) is 1. The van der Waals surface area contributed by atoms with Gasteiger partial charge in [0, 0.05) is 11.3 Å². The normalized spacial score (nSPS) is 12.0. The second-order valence-electron chi connectivity index (χ2n) is 5.15. The number of aryl methyl sites for hydroxylation is 2. The molecule has 2 nitrogen and oxygen atoms in total. The van der Waals surface area contributed by atoms with Gasteiger partial charge >= 0.3 is 0 Å². The van der Waals surface area contributed by atoms with Crippen LogP contribution in [0.3, 0.4) is 0 Å². The average Bonchev–Trinajstić information content (AvgIpc) is 2.48. The molecule has 0 heterocycles. The van der Waals surface area contributed by atoms with Crippen molar-refractivity contribution in [1.29, 1.82) is 0 Å². The van der Waals surface area contributed by atoms with Crippen LogP contribution in [0.25, 0.3) is 0 Å². The quantitative estimate of drug-likeness (QED) is 0.835. The summed E-state index contributed by atoms with van der Waals surface area (Å²) in [6.07, 6.45) is 1.01. The number of benzene rings is 2. The van der Waals surface area contributed by atoms with Crippen molar-refractivity contribution in [2.24, 2.45) is 0 Å². The summed E-state index contributed by atoms with van der Waals surface area (Å²) < 4.78 is 5.47. The highest BCUT2D eigenvalue weighted by Gasteiger charge is 2.13. The van der Waals surface area contributed by atoms with E-state index in [4.69, 9.17) is 4.74 Å². The number of rotatable bonds is 5. The zero-order valence-electron chi connectivity index (χ0n) is 12.7. The van der Waals surface area contributed by atoms with Crippen molar-refractivity contribution in [2.45, 2.75) is 33.2 Å². The summed E-state index contributed by atoms with van der Waals surface area (Å²) in [7, 11) is 1.72. The van der Waals surface area contributed by atoms with Gasteiger partial charge in [-0.1, -0.05) is 31.2 Å². The van der Waals surface area contributed by atoms with Crippen LogP contribution >= 0.6 is 0 Å². The highest BCUT2D eigenvalue weighted by atomic mass is 16.5. The highest BCUT2D eigenvalue weighted by Crippen LogP contribution is 2.30. The van der Waals surface area contributed by atoms with E-state index < -0.39 is 0 Å². The maximum atomic E-state index is 5.47. The van der Waals surface area contributed by atoms with E-state index in [1.54, 1.807) is 7.11 Å². The molecule has 0 fully saturated rings. The van der Waals surface area contributed by atoms with Crippen LogP contribution < -0.4 is 10.1 Å². The Hall–Kier alpha value is -1.96. The summed E-state index contributed by atoms with van der Waals surface area (Å²) in [5.41, 5.74) is 4.99. The molecule has 2 rings (SSSR count). The van der Waals surface area contributed by atoms with Crippen molar-refractivity contribution < 1.29 is 4.74 Å². The molecule has 0 aromatic heterocycles. The van der Waals surface area contributed by atoms with Gasteiger partial charge in [-0.25, -0.2) is 0 Å². The second-order valence-corrected chi connectivity index (χ2v) is 5.15. The third kappa shape index (κ3) is 3.13. The van der Waals surface area contributed by atoms with Crippen molar-refractivity contribution >= 4 is 5.69 Å².